The van der Waals surface area contributed by atoms with Crippen LogP contribution >= 0.6 is 0 Å². The molecule has 0 saturated heterocycles. The van der Waals surface area contributed by atoms with Gasteiger partial charge in [-0.15, -0.1) is 0 Å². The van der Waals surface area contributed by atoms with Crippen LogP contribution in [0.4, 0.5) is 0 Å². The molecule has 27 heavy (non-hydrogen) atoms. The maximum Gasteiger partial charge on any atom is 0.243 e. The smallest absolute Gasteiger partial charge is 0.243 e. The average molecular weight is 393 g/mol. The summed E-state index contributed by atoms with van der Waals surface area (Å²) in [5.41, 5.74) is 1.97. The molecule has 1 heterocycles. The Morgan fingerprint density at radius 2 is 1.33 bits per heavy atom. The van der Waals surface area contributed by atoms with E-state index in [1.165, 1.54) is 30.7 Å². The Kier molecular flexibility index (Phi) is 5.48. The highest BCUT2D eigenvalue weighted by Gasteiger charge is 2.30. The second-order valence-corrected chi connectivity index (χ2v) is 8.02. The molecule has 0 radical (unpaired) electrons. The Morgan fingerprint density at radius 1 is 0.778 bits per heavy atom. The fourth-order valence-electron chi connectivity index (χ4n) is 3.19. The van der Waals surface area contributed by atoms with Crippen LogP contribution in [-0.4, -0.2) is 47.7 Å². The molecule has 0 unspecified atom stereocenters. The molecule has 2 aromatic carbocycles. The first-order chi connectivity index (χ1) is 12.9. The zero-order valence-electron chi connectivity index (χ0n) is 15.8. The second kappa shape index (κ2) is 7.66. The Balaban J connectivity index is 1.94. The van der Waals surface area contributed by atoms with Gasteiger partial charge in [0.2, 0.25) is 10.0 Å². The van der Waals surface area contributed by atoms with Crippen molar-refractivity contribution in [3.05, 3.63) is 41.5 Å². The molecule has 146 valence electrons. The maximum absolute atomic E-state index is 13.1. The summed E-state index contributed by atoms with van der Waals surface area (Å²) in [4.78, 5) is 0.170. The third-order valence-electron chi connectivity index (χ3n) is 4.68. The first kappa shape index (κ1) is 19.3. The fraction of sp³-hybridized carbons (Fsp3) is 0.368. The molecule has 0 aliphatic carbocycles. The van der Waals surface area contributed by atoms with Gasteiger partial charge in [0.05, 0.1) is 33.3 Å². The van der Waals surface area contributed by atoms with E-state index in [9.17, 15) is 8.42 Å². The quantitative estimate of drug-likeness (QED) is 0.751. The lowest BCUT2D eigenvalue weighted by Gasteiger charge is -2.29. The predicted octanol–water partition coefficient (Wildman–Crippen LogP) is 2.47. The summed E-state index contributed by atoms with van der Waals surface area (Å²) in [5, 5.41) is 0. The minimum atomic E-state index is -3.67. The van der Waals surface area contributed by atoms with Crippen molar-refractivity contribution in [2.45, 2.75) is 17.9 Å². The highest BCUT2D eigenvalue weighted by atomic mass is 32.2. The van der Waals surface area contributed by atoms with Gasteiger partial charge in [0.25, 0.3) is 0 Å². The number of sulfonamides is 1. The number of benzene rings is 2. The third-order valence-corrected chi connectivity index (χ3v) is 6.52. The monoisotopic (exact) mass is 393 g/mol. The normalized spacial score (nSPS) is 14.4. The summed E-state index contributed by atoms with van der Waals surface area (Å²) < 4.78 is 48.8. The summed E-state index contributed by atoms with van der Waals surface area (Å²) >= 11 is 0. The zero-order chi connectivity index (χ0) is 19.6. The lowest BCUT2D eigenvalue weighted by atomic mass is 10.0. The van der Waals surface area contributed by atoms with Crippen LogP contribution < -0.4 is 18.9 Å². The van der Waals surface area contributed by atoms with Crippen molar-refractivity contribution in [3.63, 3.8) is 0 Å². The average Bonchev–Trinajstić information content (AvgIpc) is 2.71. The highest BCUT2D eigenvalue weighted by Crippen LogP contribution is 2.36. The molecule has 0 aromatic heterocycles. The van der Waals surface area contributed by atoms with Crippen LogP contribution in [0.2, 0.25) is 0 Å². The van der Waals surface area contributed by atoms with Gasteiger partial charge in [0, 0.05) is 19.2 Å². The number of fused-ring (bicyclic) bond motifs is 1. The number of hydrogen-bond donors (Lipinski definition) is 0. The van der Waals surface area contributed by atoms with E-state index >= 15 is 0 Å². The topological polar surface area (TPSA) is 74.3 Å². The minimum Gasteiger partial charge on any atom is -0.493 e. The van der Waals surface area contributed by atoms with E-state index in [1.807, 2.05) is 12.1 Å². The van der Waals surface area contributed by atoms with Crippen molar-refractivity contribution in [1.82, 2.24) is 4.31 Å². The summed E-state index contributed by atoms with van der Waals surface area (Å²) in [5.74, 6) is 2.09. The van der Waals surface area contributed by atoms with Crippen LogP contribution in [0.3, 0.4) is 0 Å². The van der Waals surface area contributed by atoms with Gasteiger partial charge in [-0.05, 0) is 41.8 Å². The summed E-state index contributed by atoms with van der Waals surface area (Å²) in [6.45, 7) is 0.658. The SMILES string of the molecule is COc1ccc(S(=O)(=O)N2CCc3cc(OC)c(OC)cc3C2)cc1OC. The van der Waals surface area contributed by atoms with Gasteiger partial charge in [-0.2, -0.15) is 4.31 Å². The van der Waals surface area contributed by atoms with Crippen LogP contribution in [0.5, 0.6) is 23.0 Å². The zero-order valence-corrected chi connectivity index (χ0v) is 16.6. The lowest BCUT2D eigenvalue weighted by molar-refractivity contribution is 0.348. The molecule has 0 fully saturated rings. The van der Waals surface area contributed by atoms with E-state index in [4.69, 9.17) is 18.9 Å². The summed E-state index contributed by atoms with van der Waals surface area (Å²) in [6.07, 6.45) is 0.599. The predicted molar refractivity (Wildman–Crippen MR) is 100 cm³/mol. The van der Waals surface area contributed by atoms with Gasteiger partial charge in [-0.3, -0.25) is 0 Å². The van der Waals surface area contributed by atoms with E-state index in [0.717, 1.165) is 11.1 Å². The maximum atomic E-state index is 13.1. The number of rotatable bonds is 6. The summed E-state index contributed by atoms with van der Waals surface area (Å²) in [6, 6.07) is 8.36. The van der Waals surface area contributed by atoms with Gasteiger partial charge >= 0.3 is 0 Å². The molecule has 0 amide bonds. The molecule has 0 spiro atoms. The molecule has 0 saturated carbocycles. The first-order valence-corrected chi connectivity index (χ1v) is 9.84. The Hall–Kier alpha value is -2.45. The Morgan fingerprint density at radius 3 is 1.93 bits per heavy atom. The molecule has 8 heteroatoms. The molecule has 0 N–H and O–H groups in total. The van der Waals surface area contributed by atoms with E-state index in [2.05, 4.69) is 0 Å². The molecule has 2 aromatic rings. The fourth-order valence-corrected chi connectivity index (χ4v) is 4.62. The standard InChI is InChI=1S/C19H23NO6S/c1-23-16-6-5-15(11-19(16)26-4)27(21,22)20-8-7-13-9-17(24-2)18(25-3)10-14(13)12-20/h5-6,9-11H,7-8,12H2,1-4H3. The van der Waals surface area contributed by atoms with Crippen LogP contribution in [-0.2, 0) is 23.0 Å². The van der Waals surface area contributed by atoms with Gasteiger partial charge < -0.3 is 18.9 Å². The van der Waals surface area contributed by atoms with E-state index in [1.54, 1.807) is 20.3 Å². The summed E-state index contributed by atoms with van der Waals surface area (Å²) in [7, 11) is 2.46. The number of methoxy groups -OCH3 is 4. The second-order valence-electron chi connectivity index (χ2n) is 6.08. The van der Waals surface area contributed by atoms with E-state index in [0.29, 0.717) is 36.0 Å². The van der Waals surface area contributed by atoms with Crippen molar-refractivity contribution in [2.75, 3.05) is 35.0 Å². The Labute approximate surface area is 159 Å². The Bertz CT molecular complexity index is 941. The molecule has 0 atom stereocenters. The number of nitrogens with zero attached hydrogens (tertiary/aromatic N) is 1. The molecule has 7 nitrogen and oxygen atoms in total. The van der Waals surface area contributed by atoms with Gasteiger partial charge in [0.15, 0.2) is 23.0 Å². The highest BCUT2D eigenvalue weighted by molar-refractivity contribution is 7.89. The van der Waals surface area contributed by atoms with Crippen molar-refractivity contribution >= 4 is 10.0 Å². The third kappa shape index (κ3) is 3.54. The van der Waals surface area contributed by atoms with Crippen molar-refractivity contribution in [3.8, 4) is 23.0 Å². The number of ether oxygens (including phenoxy) is 4. The van der Waals surface area contributed by atoms with Gasteiger partial charge in [-0.1, -0.05) is 0 Å². The van der Waals surface area contributed by atoms with Crippen LogP contribution in [0, 0.1) is 0 Å². The lowest BCUT2D eigenvalue weighted by Crippen LogP contribution is -2.36. The van der Waals surface area contributed by atoms with Crippen molar-refractivity contribution in [1.29, 1.82) is 0 Å². The van der Waals surface area contributed by atoms with Gasteiger partial charge in [0.1, 0.15) is 0 Å². The molecular weight excluding hydrogens is 370 g/mol. The van der Waals surface area contributed by atoms with Crippen LogP contribution in [0.25, 0.3) is 0 Å². The van der Waals surface area contributed by atoms with Gasteiger partial charge in [-0.25, -0.2) is 8.42 Å². The first-order valence-electron chi connectivity index (χ1n) is 8.40. The molecule has 3 rings (SSSR count). The number of hydrogen-bond acceptors (Lipinski definition) is 6. The van der Waals surface area contributed by atoms with Crippen molar-refractivity contribution < 1.29 is 27.4 Å². The minimum absolute atomic E-state index is 0.170. The van der Waals surface area contributed by atoms with Crippen LogP contribution in [0.15, 0.2) is 35.2 Å². The molecule has 0 bridgehead atoms. The van der Waals surface area contributed by atoms with Crippen LogP contribution in [0.1, 0.15) is 11.1 Å². The van der Waals surface area contributed by atoms with Crippen molar-refractivity contribution in [2.24, 2.45) is 0 Å². The van der Waals surface area contributed by atoms with E-state index in [-0.39, 0.29) is 11.4 Å². The largest absolute Gasteiger partial charge is 0.493 e. The molecular formula is C19H23NO6S. The van der Waals surface area contributed by atoms with E-state index < -0.39 is 10.0 Å². The molecule has 1 aliphatic rings. The molecule has 1 aliphatic heterocycles.